The number of hydrogen-bond acceptors (Lipinski definition) is 4. The van der Waals surface area contributed by atoms with Crippen molar-refractivity contribution in [2.45, 2.75) is 13.3 Å². The Balaban J connectivity index is 2.38. The minimum Gasteiger partial charge on any atom is -0.466 e. The van der Waals surface area contributed by atoms with Gasteiger partial charge in [0.1, 0.15) is 5.82 Å². The lowest BCUT2D eigenvalue weighted by atomic mass is 10.3. The molecule has 0 aliphatic heterocycles. The van der Waals surface area contributed by atoms with Crippen molar-refractivity contribution >= 4 is 29.2 Å². The molecule has 1 N–H and O–H groups in total. The second-order valence-electron chi connectivity index (χ2n) is 4.47. The third-order valence-corrected chi connectivity index (χ3v) is 2.91. The molecule has 0 aromatic heterocycles. The van der Waals surface area contributed by atoms with Crippen molar-refractivity contribution in [2.24, 2.45) is 0 Å². The Morgan fingerprint density at radius 2 is 2.14 bits per heavy atom. The molecule has 0 atom stereocenters. The van der Waals surface area contributed by atoms with Gasteiger partial charge in [-0.3, -0.25) is 14.5 Å². The van der Waals surface area contributed by atoms with E-state index in [-0.39, 0.29) is 29.9 Å². The fraction of sp³-hybridized carbons (Fsp3) is 0.429. The topological polar surface area (TPSA) is 58.6 Å². The van der Waals surface area contributed by atoms with E-state index in [0.29, 0.717) is 18.8 Å². The number of likely N-dealkylation sites (N-methyl/N-ethyl adjacent to an activating group) is 1. The molecule has 0 unspecified atom stereocenters. The van der Waals surface area contributed by atoms with Crippen LogP contribution < -0.4 is 5.32 Å². The molecule has 0 radical (unpaired) electrons. The van der Waals surface area contributed by atoms with E-state index < -0.39 is 5.82 Å². The summed E-state index contributed by atoms with van der Waals surface area (Å²) >= 11 is 5.63. The number of benzene rings is 1. The van der Waals surface area contributed by atoms with Crippen LogP contribution >= 0.6 is 11.6 Å². The van der Waals surface area contributed by atoms with Gasteiger partial charge in [0.2, 0.25) is 5.91 Å². The van der Waals surface area contributed by atoms with Gasteiger partial charge in [-0.05, 0) is 32.2 Å². The molecule has 1 aromatic carbocycles. The van der Waals surface area contributed by atoms with Gasteiger partial charge in [-0.1, -0.05) is 11.6 Å². The van der Waals surface area contributed by atoms with Crippen LogP contribution in [0.4, 0.5) is 10.1 Å². The number of nitrogens with one attached hydrogen (secondary N) is 1. The third-order valence-electron chi connectivity index (χ3n) is 2.62. The molecule has 1 rings (SSSR count). The number of carbonyl (C=O) groups excluding carboxylic acids is 2. The zero-order valence-corrected chi connectivity index (χ0v) is 12.7. The normalized spacial score (nSPS) is 10.5. The van der Waals surface area contributed by atoms with Crippen molar-refractivity contribution in [3.8, 4) is 0 Å². The monoisotopic (exact) mass is 316 g/mol. The first-order chi connectivity index (χ1) is 9.92. The molecule has 0 spiro atoms. The first-order valence-corrected chi connectivity index (χ1v) is 6.89. The first kappa shape index (κ1) is 17.4. The molecule has 0 saturated carbocycles. The lowest BCUT2D eigenvalue weighted by Gasteiger charge is -2.15. The molecule has 0 fully saturated rings. The summed E-state index contributed by atoms with van der Waals surface area (Å²) < 4.78 is 17.8. The summed E-state index contributed by atoms with van der Waals surface area (Å²) in [6, 6.07) is 3.95. The van der Waals surface area contributed by atoms with Crippen LogP contribution in [0.25, 0.3) is 0 Å². The standard InChI is InChI=1S/C14H18ClFN2O3/c1-3-21-14(20)6-7-18(2)9-13(19)17-10-4-5-12(16)11(15)8-10/h4-5,8H,3,6-7,9H2,1-2H3,(H,17,19). The van der Waals surface area contributed by atoms with Crippen LogP contribution in [0.3, 0.4) is 0 Å². The molecule has 0 aliphatic rings. The molecule has 5 nitrogen and oxygen atoms in total. The number of amides is 1. The first-order valence-electron chi connectivity index (χ1n) is 6.51. The number of esters is 1. The van der Waals surface area contributed by atoms with Crippen LogP contribution in [0.1, 0.15) is 13.3 Å². The molecule has 7 heteroatoms. The highest BCUT2D eigenvalue weighted by atomic mass is 35.5. The van der Waals surface area contributed by atoms with E-state index in [0.717, 1.165) is 0 Å². The minimum atomic E-state index is -0.541. The molecular weight excluding hydrogens is 299 g/mol. The fourth-order valence-electron chi connectivity index (χ4n) is 1.61. The van der Waals surface area contributed by atoms with E-state index in [1.165, 1.54) is 18.2 Å². The lowest BCUT2D eigenvalue weighted by Crippen LogP contribution is -2.32. The van der Waals surface area contributed by atoms with Crippen molar-refractivity contribution in [1.82, 2.24) is 4.90 Å². The average Bonchev–Trinajstić information content (AvgIpc) is 2.41. The molecule has 1 aromatic rings. The third kappa shape index (κ3) is 6.55. The van der Waals surface area contributed by atoms with Crippen molar-refractivity contribution < 1.29 is 18.7 Å². The molecule has 0 bridgehead atoms. The van der Waals surface area contributed by atoms with Crippen LogP contribution in [0.15, 0.2) is 18.2 Å². The van der Waals surface area contributed by atoms with Crippen LogP contribution in [-0.2, 0) is 14.3 Å². The molecular formula is C14H18ClFN2O3. The summed E-state index contributed by atoms with van der Waals surface area (Å²) in [4.78, 5) is 24.7. The van der Waals surface area contributed by atoms with Crippen LogP contribution in [0.2, 0.25) is 5.02 Å². The molecule has 21 heavy (non-hydrogen) atoms. The van der Waals surface area contributed by atoms with Gasteiger partial charge in [-0.15, -0.1) is 0 Å². The highest BCUT2D eigenvalue weighted by Crippen LogP contribution is 2.19. The maximum atomic E-state index is 13.0. The highest BCUT2D eigenvalue weighted by Gasteiger charge is 2.10. The highest BCUT2D eigenvalue weighted by molar-refractivity contribution is 6.31. The Labute approximate surface area is 128 Å². The summed E-state index contributed by atoms with van der Waals surface area (Å²) in [5.41, 5.74) is 0.421. The van der Waals surface area contributed by atoms with Crippen molar-refractivity contribution in [3.05, 3.63) is 29.0 Å². The molecule has 1 amide bonds. The van der Waals surface area contributed by atoms with Crippen molar-refractivity contribution in [3.63, 3.8) is 0 Å². The Morgan fingerprint density at radius 1 is 1.43 bits per heavy atom. The van der Waals surface area contributed by atoms with Gasteiger partial charge in [0.25, 0.3) is 0 Å². The second kappa shape index (κ2) is 8.59. The van der Waals surface area contributed by atoms with Crippen LogP contribution in [0, 0.1) is 5.82 Å². The van der Waals surface area contributed by atoms with Gasteiger partial charge < -0.3 is 10.1 Å². The Morgan fingerprint density at radius 3 is 2.76 bits per heavy atom. The number of ether oxygens (including phenoxy) is 1. The van der Waals surface area contributed by atoms with E-state index in [1.54, 1.807) is 18.9 Å². The zero-order chi connectivity index (χ0) is 15.8. The lowest BCUT2D eigenvalue weighted by molar-refractivity contribution is -0.143. The predicted molar refractivity (Wildman–Crippen MR) is 78.8 cm³/mol. The summed E-state index contributed by atoms with van der Waals surface area (Å²) in [5, 5.41) is 2.55. The van der Waals surface area contributed by atoms with Crippen LogP contribution in [-0.4, -0.2) is 43.5 Å². The maximum Gasteiger partial charge on any atom is 0.307 e. The summed E-state index contributed by atoms with van der Waals surface area (Å²) in [5.74, 6) is -1.11. The van der Waals surface area contributed by atoms with Gasteiger partial charge in [-0.2, -0.15) is 0 Å². The maximum absolute atomic E-state index is 13.0. The minimum absolute atomic E-state index is 0.0523. The zero-order valence-electron chi connectivity index (χ0n) is 12.0. The van der Waals surface area contributed by atoms with Gasteiger partial charge in [0, 0.05) is 12.2 Å². The quantitative estimate of drug-likeness (QED) is 0.784. The van der Waals surface area contributed by atoms with Gasteiger partial charge in [-0.25, -0.2) is 4.39 Å². The summed E-state index contributed by atoms with van der Waals surface area (Å²) in [6.07, 6.45) is 0.222. The average molecular weight is 317 g/mol. The fourth-order valence-corrected chi connectivity index (χ4v) is 1.79. The van der Waals surface area contributed by atoms with E-state index in [2.05, 4.69) is 5.32 Å². The van der Waals surface area contributed by atoms with E-state index in [1.807, 2.05) is 0 Å². The molecule has 0 aliphatic carbocycles. The smallest absolute Gasteiger partial charge is 0.307 e. The Bertz CT molecular complexity index is 511. The summed E-state index contributed by atoms with van der Waals surface area (Å²) in [6.45, 7) is 2.60. The molecule has 0 heterocycles. The van der Waals surface area contributed by atoms with Gasteiger partial charge in [0.15, 0.2) is 0 Å². The molecule has 116 valence electrons. The van der Waals surface area contributed by atoms with Crippen molar-refractivity contribution in [1.29, 1.82) is 0 Å². The van der Waals surface area contributed by atoms with Gasteiger partial charge >= 0.3 is 5.97 Å². The SMILES string of the molecule is CCOC(=O)CCN(C)CC(=O)Nc1ccc(F)c(Cl)c1. The largest absolute Gasteiger partial charge is 0.466 e. The van der Waals surface area contributed by atoms with Crippen molar-refractivity contribution in [2.75, 3.05) is 32.1 Å². The predicted octanol–water partition coefficient (Wildman–Crippen LogP) is 2.30. The van der Waals surface area contributed by atoms with E-state index >= 15 is 0 Å². The Kier molecular flexibility index (Phi) is 7.11. The van der Waals surface area contributed by atoms with E-state index in [4.69, 9.17) is 16.3 Å². The van der Waals surface area contributed by atoms with E-state index in [9.17, 15) is 14.0 Å². The number of halogens is 2. The number of rotatable bonds is 7. The number of anilines is 1. The second-order valence-corrected chi connectivity index (χ2v) is 4.88. The number of carbonyl (C=O) groups is 2. The molecule has 0 saturated heterocycles. The van der Waals surface area contributed by atoms with Gasteiger partial charge in [0.05, 0.1) is 24.6 Å². The van der Waals surface area contributed by atoms with Crippen LogP contribution in [0.5, 0.6) is 0 Å². The number of nitrogens with zero attached hydrogens (tertiary/aromatic N) is 1. The number of hydrogen-bond donors (Lipinski definition) is 1. The Hall–Kier alpha value is -1.66. The summed E-state index contributed by atoms with van der Waals surface area (Å²) in [7, 11) is 1.72.